The van der Waals surface area contributed by atoms with Crippen molar-refractivity contribution in [2.24, 2.45) is 11.6 Å². The highest BCUT2D eigenvalue weighted by Gasteiger charge is 2.06. The van der Waals surface area contributed by atoms with Gasteiger partial charge in [-0.3, -0.25) is 4.79 Å². The van der Waals surface area contributed by atoms with E-state index in [2.05, 4.69) is 0 Å². The van der Waals surface area contributed by atoms with E-state index in [1.807, 2.05) is 24.3 Å². The van der Waals surface area contributed by atoms with Gasteiger partial charge in [-0.2, -0.15) is 0 Å². The van der Waals surface area contributed by atoms with Crippen LogP contribution in [-0.4, -0.2) is 35.8 Å². The molecular formula is C14H22N4OS. The molecule has 0 aromatic heterocycles. The van der Waals surface area contributed by atoms with Crippen LogP contribution in [0.5, 0.6) is 0 Å². The number of amides is 1. The molecular weight excluding hydrogens is 272 g/mol. The third-order valence-corrected chi connectivity index (χ3v) is 3.70. The van der Waals surface area contributed by atoms with Crippen molar-refractivity contribution in [1.29, 1.82) is 0 Å². The summed E-state index contributed by atoms with van der Waals surface area (Å²) >= 11 is 1.23. The monoisotopic (exact) mass is 294 g/mol. The molecule has 1 amide bonds. The third kappa shape index (κ3) is 5.99. The van der Waals surface area contributed by atoms with Gasteiger partial charge < -0.3 is 15.6 Å². The molecule has 0 fully saturated rings. The first kappa shape index (κ1) is 16.4. The zero-order valence-electron chi connectivity index (χ0n) is 12.0. The fourth-order valence-electron chi connectivity index (χ4n) is 1.57. The van der Waals surface area contributed by atoms with Crippen LogP contribution in [0.4, 0.5) is 4.79 Å². The number of nitrogens with zero attached hydrogens (tertiary/aromatic N) is 2. The van der Waals surface area contributed by atoms with Gasteiger partial charge in [-0.25, -0.2) is 5.84 Å². The average molecular weight is 294 g/mol. The summed E-state index contributed by atoms with van der Waals surface area (Å²) in [6.45, 7) is 0.753. The van der Waals surface area contributed by atoms with Crippen molar-refractivity contribution in [3.63, 3.8) is 0 Å². The van der Waals surface area contributed by atoms with Crippen molar-refractivity contribution in [2.45, 2.75) is 17.7 Å². The molecule has 0 unspecified atom stereocenters. The quantitative estimate of drug-likeness (QED) is 0.477. The number of hydrazine groups is 1. The van der Waals surface area contributed by atoms with Gasteiger partial charge in [-0.05, 0) is 42.3 Å². The van der Waals surface area contributed by atoms with Gasteiger partial charge in [0.25, 0.3) is 5.24 Å². The summed E-state index contributed by atoms with van der Waals surface area (Å²) in [4.78, 5) is 14.1. The minimum Gasteiger partial charge on any atom is -0.403 e. The molecule has 1 aromatic carbocycles. The Morgan fingerprint density at radius 3 is 2.50 bits per heavy atom. The van der Waals surface area contributed by atoms with Crippen molar-refractivity contribution in [1.82, 2.24) is 9.91 Å². The van der Waals surface area contributed by atoms with Crippen molar-refractivity contribution >= 4 is 17.0 Å². The van der Waals surface area contributed by atoms with Gasteiger partial charge in [-0.15, -0.1) is 0 Å². The number of nitrogens with two attached hydrogens (primary N) is 2. The van der Waals surface area contributed by atoms with Crippen molar-refractivity contribution in [2.75, 3.05) is 20.6 Å². The predicted octanol–water partition coefficient (Wildman–Crippen LogP) is 2.00. The standard InChI is InChI=1S/C14H22N4OS/c1-17(2)14(19)20-13-7-5-12(6-8-13)4-3-10-18(16)11-9-15/h5-9,11H,3-4,10,15-16H2,1-2H3/b11-9-. The molecule has 6 heteroatoms. The van der Waals surface area contributed by atoms with E-state index in [1.54, 1.807) is 30.2 Å². The van der Waals surface area contributed by atoms with Crippen LogP contribution in [0.2, 0.25) is 0 Å². The van der Waals surface area contributed by atoms with E-state index in [0.29, 0.717) is 0 Å². The first-order chi connectivity index (χ1) is 9.52. The van der Waals surface area contributed by atoms with Gasteiger partial charge in [0.15, 0.2) is 0 Å². The minimum absolute atomic E-state index is 0.0325. The molecule has 0 saturated heterocycles. The van der Waals surface area contributed by atoms with Crippen LogP contribution in [0.1, 0.15) is 12.0 Å². The van der Waals surface area contributed by atoms with Crippen molar-refractivity contribution < 1.29 is 4.79 Å². The topological polar surface area (TPSA) is 75.6 Å². The number of hydrogen-bond acceptors (Lipinski definition) is 5. The maximum absolute atomic E-state index is 11.6. The minimum atomic E-state index is 0.0325. The van der Waals surface area contributed by atoms with Crippen LogP contribution >= 0.6 is 11.8 Å². The number of thioether (sulfide) groups is 1. The molecule has 0 saturated carbocycles. The van der Waals surface area contributed by atoms with Crippen LogP contribution < -0.4 is 11.6 Å². The fourth-order valence-corrected chi connectivity index (χ4v) is 2.22. The van der Waals surface area contributed by atoms with Gasteiger partial charge in [0.05, 0.1) is 0 Å². The fraction of sp³-hybridized carbons (Fsp3) is 0.357. The Morgan fingerprint density at radius 2 is 1.95 bits per heavy atom. The predicted molar refractivity (Wildman–Crippen MR) is 83.9 cm³/mol. The van der Waals surface area contributed by atoms with E-state index in [4.69, 9.17) is 11.6 Å². The highest BCUT2D eigenvalue weighted by molar-refractivity contribution is 8.13. The van der Waals surface area contributed by atoms with E-state index in [-0.39, 0.29) is 5.24 Å². The van der Waals surface area contributed by atoms with Crippen LogP contribution in [0.25, 0.3) is 0 Å². The molecule has 0 aliphatic carbocycles. The van der Waals surface area contributed by atoms with Crippen molar-refractivity contribution in [3.05, 3.63) is 42.2 Å². The largest absolute Gasteiger partial charge is 0.403 e. The van der Waals surface area contributed by atoms with Crippen LogP contribution in [-0.2, 0) is 6.42 Å². The Morgan fingerprint density at radius 1 is 1.30 bits per heavy atom. The highest BCUT2D eigenvalue weighted by Crippen LogP contribution is 2.21. The second-order valence-electron chi connectivity index (χ2n) is 4.59. The van der Waals surface area contributed by atoms with Gasteiger partial charge in [0, 0.05) is 37.9 Å². The number of rotatable bonds is 6. The highest BCUT2D eigenvalue weighted by atomic mass is 32.2. The molecule has 0 bridgehead atoms. The second kappa shape index (κ2) is 8.50. The maximum atomic E-state index is 11.6. The van der Waals surface area contributed by atoms with Crippen LogP contribution in [0, 0.1) is 0 Å². The summed E-state index contributed by atoms with van der Waals surface area (Å²) in [6.07, 6.45) is 4.96. The third-order valence-electron chi connectivity index (χ3n) is 2.65. The van der Waals surface area contributed by atoms with E-state index in [1.165, 1.54) is 23.5 Å². The van der Waals surface area contributed by atoms with Gasteiger partial charge >= 0.3 is 0 Å². The lowest BCUT2D eigenvalue weighted by Crippen LogP contribution is -2.26. The summed E-state index contributed by atoms with van der Waals surface area (Å²) in [5, 5.41) is 1.60. The molecule has 5 nitrogen and oxygen atoms in total. The van der Waals surface area contributed by atoms with Crippen molar-refractivity contribution in [3.8, 4) is 0 Å². The Kier molecular flexibility index (Phi) is 6.97. The van der Waals surface area contributed by atoms with Gasteiger partial charge in [0.1, 0.15) is 0 Å². The lowest BCUT2D eigenvalue weighted by Gasteiger charge is -2.12. The molecule has 0 radical (unpaired) electrons. The maximum Gasteiger partial charge on any atom is 0.285 e. The lowest BCUT2D eigenvalue weighted by atomic mass is 10.1. The lowest BCUT2D eigenvalue weighted by molar-refractivity contribution is 0.241. The summed E-state index contributed by atoms with van der Waals surface area (Å²) in [5.74, 6) is 5.68. The summed E-state index contributed by atoms with van der Waals surface area (Å²) in [6, 6.07) is 8.04. The first-order valence-corrected chi connectivity index (χ1v) is 7.22. The Labute approximate surface area is 124 Å². The van der Waals surface area contributed by atoms with E-state index < -0.39 is 0 Å². The molecule has 0 aliphatic rings. The molecule has 1 rings (SSSR count). The number of carbonyl (C=O) groups is 1. The van der Waals surface area contributed by atoms with E-state index in [9.17, 15) is 4.79 Å². The van der Waals surface area contributed by atoms with Crippen LogP contribution in [0.3, 0.4) is 0 Å². The molecule has 0 aliphatic heterocycles. The van der Waals surface area contributed by atoms with E-state index >= 15 is 0 Å². The average Bonchev–Trinajstić information content (AvgIpc) is 2.41. The Bertz CT molecular complexity index is 445. The molecule has 1 aromatic rings. The molecule has 110 valence electrons. The Hall–Kier alpha value is -1.66. The second-order valence-corrected chi connectivity index (χ2v) is 5.61. The zero-order valence-corrected chi connectivity index (χ0v) is 12.8. The summed E-state index contributed by atoms with van der Waals surface area (Å²) in [5.41, 5.74) is 6.49. The normalized spacial score (nSPS) is 10.8. The SMILES string of the molecule is CN(C)C(=O)Sc1ccc(CCCN(N)/C=C\N)cc1. The number of aryl methyl sites for hydroxylation is 1. The Balaban J connectivity index is 2.41. The summed E-state index contributed by atoms with van der Waals surface area (Å²) in [7, 11) is 3.50. The van der Waals surface area contributed by atoms with E-state index in [0.717, 1.165) is 24.3 Å². The molecule has 0 heterocycles. The van der Waals surface area contributed by atoms with Gasteiger partial charge in [-0.1, -0.05) is 12.1 Å². The smallest absolute Gasteiger partial charge is 0.285 e. The summed E-state index contributed by atoms with van der Waals surface area (Å²) < 4.78 is 0. The molecule has 0 atom stereocenters. The molecule has 20 heavy (non-hydrogen) atoms. The molecule has 0 spiro atoms. The molecule has 4 N–H and O–H groups in total. The van der Waals surface area contributed by atoms with Gasteiger partial charge in [0.2, 0.25) is 0 Å². The first-order valence-electron chi connectivity index (χ1n) is 6.40. The number of benzene rings is 1. The van der Waals surface area contributed by atoms with Crippen LogP contribution in [0.15, 0.2) is 41.6 Å². The number of hydrogen-bond donors (Lipinski definition) is 2. The number of carbonyl (C=O) groups excluding carboxylic acids is 1. The zero-order chi connectivity index (χ0) is 15.0.